The topological polar surface area (TPSA) is 70.2 Å². The van der Waals surface area contributed by atoms with Gasteiger partial charge in [-0.15, -0.1) is 0 Å². The summed E-state index contributed by atoms with van der Waals surface area (Å²) in [5.41, 5.74) is -0.176. The minimum atomic E-state index is -4.39. The number of rotatable bonds is 4. The van der Waals surface area contributed by atoms with Crippen molar-refractivity contribution in [2.45, 2.75) is 51.1 Å². The lowest BCUT2D eigenvalue weighted by atomic mass is 10.0. The second-order valence-corrected chi connectivity index (χ2v) is 5.80. The highest BCUT2D eigenvalue weighted by Gasteiger charge is 2.31. The Kier molecular flexibility index (Phi) is 5.48. The Balaban J connectivity index is 1.99. The van der Waals surface area contributed by atoms with Crippen LogP contribution in [0.15, 0.2) is 24.3 Å². The summed E-state index contributed by atoms with van der Waals surface area (Å²) >= 11 is 0. The number of amides is 2. The molecule has 8 heteroatoms. The molecule has 1 fully saturated rings. The first-order valence-corrected chi connectivity index (χ1v) is 7.73. The Morgan fingerprint density at radius 2 is 1.96 bits per heavy atom. The van der Waals surface area contributed by atoms with E-state index in [2.05, 4.69) is 16.0 Å². The molecule has 1 aliphatic heterocycles. The second kappa shape index (κ2) is 7.21. The maximum absolute atomic E-state index is 12.6. The molecule has 2 rings (SSSR count). The highest BCUT2D eigenvalue weighted by molar-refractivity contribution is 5.89. The summed E-state index contributed by atoms with van der Waals surface area (Å²) in [5.74, 6) is -0.557. The van der Waals surface area contributed by atoms with Crippen molar-refractivity contribution in [1.29, 1.82) is 0 Å². The van der Waals surface area contributed by atoms with Gasteiger partial charge in [-0.3, -0.25) is 14.9 Å². The second-order valence-electron chi connectivity index (χ2n) is 5.80. The van der Waals surface area contributed by atoms with E-state index in [1.807, 2.05) is 6.92 Å². The molecule has 0 aliphatic carbocycles. The number of alkyl halides is 3. The van der Waals surface area contributed by atoms with Gasteiger partial charge in [0, 0.05) is 0 Å². The molecule has 132 valence electrons. The monoisotopic (exact) mass is 343 g/mol. The zero-order valence-corrected chi connectivity index (χ0v) is 13.4. The van der Waals surface area contributed by atoms with Gasteiger partial charge in [0.2, 0.25) is 11.8 Å². The van der Waals surface area contributed by atoms with Gasteiger partial charge < -0.3 is 10.6 Å². The number of carbonyl (C=O) groups excluding carboxylic acids is 2. The molecule has 1 aliphatic rings. The van der Waals surface area contributed by atoms with Crippen LogP contribution >= 0.6 is 0 Å². The normalized spacial score (nSPS) is 22.6. The highest BCUT2D eigenvalue weighted by Crippen LogP contribution is 2.29. The summed E-state index contributed by atoms with van der Waals surface area (Å²) in [6.07, 6.45) is -3.98. The van der Waals surface area contributed by atoms with Crippen LogP contribution in [0.2, 0.25) is 0 Å². The zero-order chi connectivity index (χ0) is 17.9. The van der Waals surface area contributed by atoms with Gasteiger partial charge in [0.15, 0.2) is 0 Å². The van der Waals surface area contributed by atoms with Crippen molar-refractivity contribution in [3.63, 3.8) is 0 Å². The third kappa shape index (κ3) is 4.47. The van der Waals surface area contributed by atoms with E-state index in [1.54, 1.807) is 6.92 Å². The largest absolute Gasteiger partial charge is 0.416 e. The first kappa shape index (κ1) is 18.3. The maximum atomic E-state index is 12.6. The van der Waals surface area contributed by atoms with Gasteiger partial charge in [0.05, 0.1) is 30.2 Å². The van der Waals surface area contributed by atoms with E-state index >= 15 is 0 Å². The molecule has 0 saturated carbocycles. The fourth-order valence-electron chi connectivity index (χ4n) is 2.53. The minimum Gasteiger partial charge on any atom is -0.348 e. The van der Waals surface area contributed by atoms with E-state index in [0.717, 1.165) is 12.1 Å². The summed E-state index contributed by atoms with van der Waals surface area (Å²) in [6.45, 7) is 3.56. The van der Waals surface area contributed by atoms with Crippen LogP contribution in [0, 0.1) is 0 Å². The zero-order valence-electron chi connectivity index (χ0n) is 13.4. The molecule has 1 aromatic carbocycles. The molecule has 0 bridgehead atoms. The quantitative estimate of drug-likeness (QED) is 0.784. The average Bonchev–Trinajstić information content (AvgIpc) is 2.53. The Morgan fingerprint density at radius 1 is 1.33 bits per heavy atom. The summed E-state index contributed by atoms with van der Waals surface area (Å²) in [6, 6.07) is 3.52. The number of benzene rings is 1. The molecule has 1 heterocycles. The first-order valence-electron chi connectivity index (χ1n) is 7.73. The van der Waals surface area contributed by atoms with Gasteiger partial charge in [0.1, 0.15) is 0 Å². The van der Waals surface area contributed by atoms with Crippen molar-refractivity contribution < 1.29 is 22.8 Å². The molecule has 0 aromatic heterocycles. The molecule has 2 unspecified atom stereocenters. The first-order chi connectivity index (χ1) is 11.2. The summed E-state index contributed by atoms with van der Waals surface area (Å²) in [7, 11) is 0. The van der Waals surface area contributed by atoms with E-state index in [1.165, 1.54) is 12.1 Å². The Morgan fingerprint density at radius 3 is 2.50 bits per heavy atom. The number of hydrogen-bond donors (Lipinski definition) is 3. The number of carbonyl (C=O) groups is 2. The molecule has 3 atom stereocenters. The van der Waals surface area contributed by atoms with E-state index < -0.39 is 23.8 Å². The van der Waals surface area contributed by atoms with Gasteiger partial charge in [-0.2, -0.15) is 13.2 Å². The standard InChI is InChI=1S/C16H20F3N3O2/c1-3-13-21-12(8-14(23)22-13)15(24)20-9(2)10-4-6-11(7-5-10)16(17,18)19/h4-7,9,12-13,21H,3,8H2,1-2H3,(H,20,24)(H,22,23)/t9-,12?,13?/m1/s1. The van der Waals surface area contributed by atoms with Crippen LogP contribution < -0.4 is 16.0 Å². The number of hydrogen-bond acceptors (Lipinski definition) is 3. The molecule has 24 heavy (non-hydrogen) atoms. The fraction of sp³-hybridized carbons (Fsp3) is 0.500. The van der Waals surface area contributed by atoms with Crippen molar-refractivity contribution in [3.05, 3.63) is 35.4 Å². The predicted octanol–water partition coefficient (Wildman–Crippen LogP) is 2.10. The summed E-state index contributed by atoms with van der Waals surface area (Å²) in [5, 5.41) is 8.47. The smallest absolute Gasteiger partial charge is 0.348 e. The van der Waals surface area contributed by atoms with Crippen molar-refractivity contribution >= 4 is 11.8 Å². The lowest BCUT2D eigenvalue weighted by Crippen LogP contribution is -2.60. The molecule has 0 spiro atoms. The van der Waals surface area contributed by atoms with Crippen LogP contribution in [0.5, 0.6) is 0 Å². The van der Waals surface area contributed by atoms with E-state index in [9.17, 15) is 22.8 Å². The van der Waals surface area contributed by atoms with E-state index in [-0.39, 0.29) is 24.4 Å². The molecule has 1 aromatic rings. The average molecular weight is 343 g/mol. The van der Waals surface area contributed by atoms with Crippen LogP contribution in [-0.2, 0) is 15.8 Å². The third-order valence-electron chi connectivity index (χ3n) is 3.95. The molecule has 2 amide bonds. The lowest BCUT2D eigenvalue weighted by Gasteiger charge is -2.31. The molecule has 0 radical (unpaired) electrons. The van der Waals surface area contributed by atoms with Gasteiger partial charge in [-0.1, -0.05) is 19.1 Å². The highest BCUT2D eigenvalue weighted by atomic mass is 19.4. The van der Waals surface area contributed by atoms with Crippen molar-refractivity contribution in [2.24, 2.45) is 0 Å². The Hall–Kier alpha value is -2.09. The number of nitrogens with one attached hydrogen (secondary N) is 3. The van der Waals surface area contributed by atoms with Gasteiger partial charge >= 0.3 is 6.18 Å². The maximum Gasteiger partial charge on any atom is 0.416 e. The predicted molar refractivity (Wildman–Crippen MR) is 81.8 cm³/mol. The molecular weight excluding hydrogens is 323 g/mol. The Bertz CT molecular complexity index is 602. The molecule has 3 N–H and O–H groups in total. The van der Waals surface area contributed by atoms with E-state index in [4.69, 9.17) is 0 Å². The Labute approximate surface area is 138 Å². The minimum absolute atomic E-state index is 0.0298. The molecular formula is C16H20F3N3O2. The summed E-state index contributed by atoms with van der Waals surface area (Å²) in [4.78, 5) is 23.9. The molecule has 5 nitrogen and oxygen atoms in total. The lowest BCUT2D eigenvalue weighted by molar-refractivity contribution is -0.137. The van der Waals surface area contributed by atoms with Crippen molar-refractivity contribution in [2.75, 3.05) is 0 Å². The van der Waals surface area contributed by atoms with Crippen LogP contribution in [-0.4, -0.2) is 24.0 Å². The van der Waals surface area contributed by atoms with E-state index in [0.29, 0.717) is 12.0 Å². The van der Waals surface area contributed by atoms with Crippen LogP contribution in [0.25, 0.3) is 0 Å². The van der Waals surface area contributed by atoms with Crippen LogP contribution in [0.4, 0.5) is 13.2 Å². The van der Waals surface area contributed by atoms with Crippen LogP contribution in [0.1, 0.15) is 43.9 Å². The van der Waals surface area contributed by atoms with Crippen molar-refractivity contribution in [3.8, 4) is 0 Å². The third-order valence-corrected chi connectivity index (χ3v) is 3.95. The fourth-order valence-corrected chi connectivity index (χ4v) is 2.53. The number of halogens is 3. The van der Waals surface area contributed by atoms with Gasteiger partial charge in [-0.25, -0.2) is 0 Å². The van der Waals surface area contributed by atoms with Crippen LogP contribution in [0.3, 0.4) is 0 Å². The molecule has 1 saturated heterocycles. The van der Waals surface area contributed by atoms with Crippen molar-refractivity contribution in [1.82, 2.24) is 16.0 Å². The summed E-state index contributed by atoms with van der Waals surface area (Å²) < 4.78 is 37.7. The van der Waals surface area contributed by atoms with Gasteiger partial charge in [0.25, 0.3) is 0 Å². The van der Waals surface area contributed by atoms with Gasteiger partial charge in [-0.05, 0) is 31.0 Å². The SMILES string of the molecule is CCC1NC(=O)CC(C(=O)N[C@H](C)c2ccc(C(F)(F)F)cc2)N1.